The molecule has 0 amide bonds. The molecule has 0 aromatic carbocycles. The summed E-state index contributed by atoms with van der Waals surface area (Å²) in [6.07, 6.45) is -2.82. The molecule has 0 saturated heterocycles. The fraction of sp³-hybridized carbons (Fsp3) is 0.200. The zero-order valence-electron chi connectivity index (χ0n) is 8.84. The van der Waals surface area contributed by atoms with Gasteiger partial charge in [0.15, 0.2) is 5.82 Å². The molecule has 2 aromatic heterocycles. The molecule has 2 N–H and O–H groups in total. The van der Waals surface area contributed by atoms with Gasteiger partial charge in [-0.15, -0.1) is 0 Å². The zero-order valence-corrected chi connectivity index (χ0v) is 8.84. The van der Waals surface area contributed by atoms with E-state index in [1.54, 1.807) is 12.3 Å². The van der Waals surface area contributed by atoms with Crippen LogP contribution in [-0.2, 0) is 6.18 Å². The van der Waals surface area contributed by atoms with E-state index in [0.717, 1.165) is 12.1 Å². The first-order chi connectivity index (χ1) is 7.95. The highest BCUT2D eigenvalue weighted by Crippen LogP contribution is 2.31. The largest absolute Gasteiger partial charge is 0.416 e. The molecule has 0 aliphatic carbocycles. The number of alkyl halides is 3. The van der Waals surface area contributed by atoms with E-state index in [1.807, 2.05) is 0 Å². The molecule has 0 aliphatic heterocycles. The molecule has 4 nitrogen and oxygen atoms in total. The van der Waals surface area contributed by atoms with Gasteiger partial charge in [-0.25, -0.2) is 4.98 Å². The van der Waals surface area contributed by atoms with Crippen molar-refractivity contribution < 1.29 is 13.2 Å². The molecule has 7 heteroatoms. The molecule has 0 saturated carbocycles. The van der Waals surface area contributed by atoms with Crippen molar-refractivity contribution in [2.24, 2.45) is 0 Å². The number of hydrogen-bond acceptors (Lipinski definition) is 3. The van der Waals surface area contributed by atoms with Crippen molar-refractivity contribution in [2.45, 2.75) is 13.1 Å². The summed E-state index contributed by atoms with van der Waals surface area (Å²) in [6.45, 7) is 1.50. The number of rotatable bonds is 2. The van der Waals surface area contributed by atoms with Crippen molar-refractivity contribution in [2.75, 3.05) is 5.32 Å². The molecule has 2 heterocycles. The average Bonchev–Trinajstić information content (AvgIpc) is 2.68. The average molecular weight is 242 g/mol. The fourth-order valence-corrected chi connectivity index (χ4v) is 1.36. The van der Waals surface area contributed by atoms with Crippen molar-refractivity contribution >= 4 is 11.6 Å². The van der Waals surface area contributed by atoms with Gasteiger partial charge in [0.05, 0.1) is 5.56 Å². The summed E-state index contributed by atoms with van der Waals surface area (Å²) in [4.78, 5) is 3.96. The van der Waals surface area contributed by atoms with Gasteiger partial charge in [-0.05, 0) is 19.1 Å². The van der Waals surface area contributed by atoms with Crippen LogP contribution in [-0.4, -0.2) is 15.2 Å². The Morgan fingerprint density at radius 2 is 2.00 bits per heavy atom. The molecule has 0 aliphatic rings. The van der Waals surface area contributed by atoms with Crippen LogP contribution in [0, 0.1) is 6.92 Å². The lowest BCUT2D eigenvalue weighted by molar-refractivity contribution is -0.137. The van der Waals surface area contributed by atoms with Crippen LogP contribution in [0.5, 0.6) is 0 Å². The van der Waals surface area contributed by atoms with E-state index >= 15 is 0 Å². The highest BCUT2D eigenvalue weighted by Gasteiger charge is 2.31. The lowest BCUT2D eigenvalue weighted by Gasteiger charge is -2.10. The smallest absolute Gasteiger partial charge is 0.323 e. The van der Waals surface area contributed by atoms with Crippen LogP contribution >= 0.6 is 0 Å². The van der Waals surface area contributed by atoms with E-state index in [-0.39, 0.29) is 11.5 Å². The lowest BCUT2D eigenvalue weighted by atomic mass is 10.2. The van der Waals surface area contributed by atoms with E-state index < -0.39 is 11.7 Å². The number of aryl methyl sites for hydroxylation is 1. The number of hydrogen-bond donors (Lipinski definition) is 2. The van der Waals surface area contributed by atoms with Gasteiger partial charge in [0.25, 0.3) is 0 Å². The van der Waals surface area contributed by atoms with Crippen molar-refractivity contribution in [1.29, 1.82) is 0 Å². The van der Waals surface area contributed by atoms with E-state index in [9.17, 15) is 13.2 Å². The Morgan fingerprint density at radius 3 is 2.59 bits per heavy atom. The number of aromatic amines is 1. The van der Waals surface area contributed by atoms with Gasteiger partial charge in [-0.2, -0.15) is 18.3 Å². The summed E-state index contributed by atoms with van der Waals surface area (Å²) in [6, 6.07) is 3.54. The predicted molar refractivity (Wildman–Crippen MR) is 55.8 cm³/mol. The number of nitrogens with one attached hydrogen (secondary N) is 2. The summed E-state index contributed by atoms with van der Waals surface area (Å²) in [5.74, 6) is 0.528. The Labute approximate surface area is 94.9 Å². The third-order valence-electron chi connectivity index (χ3n) is 2.04. The number of H-pyrrole nitrogens is 1. The van der Waals surface area contributed by atoms with Crippen molar-refractivity contribution in [3.8, 4) is 0 Å². The van der Waals surface area contributed by atoms with Crippen LogP contribution < -0.4 is 5.32 Å². The monoisotopic (exact) mass is 242 g/mol. The number of nitrogens with zero attached hydrogens (tertiary/aromatic N) is 2. The van der Waals surface area contributed by atoms with E-state index in [2.05, 4.69) is 20.5 Å². The standard InChI is InChI=1S/C10H9F3N4/c1-6-4-7(10(11,12)13)5-9(15-6)16-8-2-3-14-17-8/h2-5H,1H3,(H2,14,15,16,17). The Bertz CT molecular complexity index is 505. The summed E-state index contributed by atoms with van der Waals surface area (Å²) in [7, 11) is 0. The SMILES string of the molecule is Cc1cc(C(F)(F)F)cc(Nc2cc[nH]n2)n1. The number of aromatic nitrogens is 3. The molecule has 17 heavy (non-hydrogen) atoms. The minimum atomic E-state index is -4.38. The van der Waals surface area contributed by atoms with Crippen LogP contribution in [0.25, 0.3) is 0 Å². The first-order valence-electron chi connectivity index (χ1n) is 4.78. The second-order valence-corrected chi connectivity index (χ2v) is 3.46. The van der Waals surface area contributed by atoms with Crippen LogP contribution in [0.2, 0.25) is 0 Å². The minimum absolute atomic E-state index is 0.115. The maximum Gasteiger partial charge on any atom is 0.416 e. The van der Waals surface area contributed by atoms with Gasteiger partial charge in [0, 0.05) is 18.0 Å². The molecular formula is C10H9F3N4. The van der Waals surface area contributed by atoms with E-state index in [0.29, 0.717) is 5.82 Å². The molecule has 0 atom stereocenters. The summed E-state index contributed by atoms with van der Waals surface area (Å²) in [5.41, 5.74) is -0.444. The van der Waals surface area contributed by atoms with Crippen molar-refractivity contribution in [3.05, 3.63) is 35.7 Å². The Balaban J connectivity index is 2.32. The van der Waals surface area contributed by atoms with Gasteiger partial charge in [0.1, 0.15) is 5.82 Å². The molecule has 0 radical (unpaired) electrons. The van der Waals surface area contributed by atoms with Gasteiger partial charge in [-0.3, -0.25) is 5.10 Å². The summed E-state index contributed by atoms with van der Waals surface area (Å²) >= 11 is 0. The topological polar surface area (TPSA) is 53.6 Å². The highest BCUT2D eigenvalue weighted by molar-refractivity contribution is 5.52. The Morgan fingerprint density at radius 1 is 1.24 bits per heavy atom. The molecular weight excluding hydrogens is 233 g/mol. The van der Waals surface area contributed by atoms with Crippen molar-refractivity contribution in [1.82, 2.24) is 15.2 Å². The second-order valence-electron chi connectivity index (χ2n) is 3.46. The first-order valence-corrected chi connectivity index (χ1v) is 4.78. The van der Waals surface area contributed by atoms with Gasteiger partial charge in [-0.1, -0.05) is 0 Å². The van der Waals surface area contributed by atoms with Crippen LogP contribution in [0.1, 0.15) is 11.3 Å². The maximum absolute atomic E-state index is 12.5. The molecule has 90 valence electrons. The minimum Gasteiger partial charge on any atom is -0.323 e. The quantitative estimate of drug-likeness (QED) is 0.851. The molecule has 0 fully saturated rings. The predicted octanol–water partition coefficient (Wildman–Crippen LogP) is 2.88. The van der Waals surface area contributed by atoms with Gasteiger partial charge < -0.3 is 5.32 Å². The van der Waals surface area contributed by atoms with E-state index in [4.69, 9.17) is 0 Å². The fourth-order valence-electron chi connectivity index (χ4n) is 1.36. The van der Waals surface area contributed by atoms with Crippen LogP contribution in [0.4, 0.5) is 24.8 Å². The molecule has 2 aromatic rings. The van der Waals surface area contributed by atoms with Gasteiger partial charge in [0.2, 0.25) is 0 Å². The normalized spacial score (nSPS) is 11.5. The first kappa shape index (κ1) is 11.4. The molecule has 2 rings (SSSR count). The van der Waals surface area contributed by atoms with Crippen LogP contribution in [0.15, 0.2) is 24.4 Å². The van der Waals surface area contributed by atoms with E-state index in [1.165, 1.54) is 6.92 Å². The van der Waals surface area contributed by atoms with Crippen molar-refractivity contribution in [3.63, 3.8) is 0 Å². The lowest BCUT2D eigenvalue weighted by Crippen LogP contribution is -2.07. The Hall–Kier alpha value is -2.05. The van der Waals surface area contributed by atoms with Gasteiger partial charge >= 0.3 is 6.18 Å². The molecule has 0 spiro atoms. The highest BCUT2D eigenvalue weighted by atomic mass is 19.4. The Kier molecular flexibility index (Phi) is 2.74. The van der Waals surface area contributed by atoms with Crippen LogP contribution in [0.3, 0.4) is 0 Å². The summed E-state index contributed by atoms with van der Waals surface area (Å²) in [5, 5.41) is 9.01. The molecule has 0 unspecified atom stereocenters. The molecule has 0 bridgehead atoms. The number of halogens is 3. The third kappa shape index (κ3) is 2.74. The maximum atomic E-state index is 12.5. The zero-order chi connectivity index (χ0) is 12.5. The second kappa shape index (κ2) is 4.08. The number of anilines is 2. The number of pyridine rings is 1. The summed E-state index contributed by atoms with van der Waals surface area (Å²) < 4.78 is 37.6. The third-order valence-corrected chi connectivity index (χ3v) is 2.04.